The Morgan fingerprint density at radius 2 is 2.44 bits per heavy atom. The van der Waals surface area contributed by atoms with E-state index in [0.717, 1.165) is 30.6 Å². The minimum atomic E-state index is -0.0146. The fourth-order valence-electron chi connectivity index (χ4n) is 1.90. The van der Waals surface area contributed by atoms with Gasteiger partial charge < -0.3 is 10.1 Å². The largest absolute Gasteiger partial charge is 0.376 e. The van der Waals surface area contributed by atoms with Crippen molar-refractivity contribution in [3.8, 4) is 0 Å². The molecule has 1 heterocycles. The highest BCUT2D eigenvalue weighted by Crippen LogP contribution is 2.11. The van der Waals surface area contributed by atoms with Gasteiger partial charge in [-0.1, -0.05) is 17.7 Å². The van der Waals surface area contributed by atoms with Gasteiger partial charge in [0, 0.05) is 18.7 Å². The molecule has 1 aromatic carbocycles. The second kappa shape index (κ2) is 5.12. The first-order valence-electron chi connectivity index (χ1n) is 5.72. The van der Waals surface area contributed by atoms with Crippen LogP contribution in [-0.2, 0) is 4.74 Å². The van der Waals surface area contributed by atoms with Crippen LogP contribution in [0.1, 0.15) is 28.8 Å². The molecule has 3 nitrogen and oxygen atoms in total. The summed E-state index contributed by atoms with van der Waals surface area (Å²) in [5, 5.41) is 2.90. The van der Waals surface area contributed by atoms with Gasteiger partial charge in [-0.2, -0.15) is 0 Å². The zero-order valence-corrected chi connectivity index (χ0v) is 9.53. The van der Waals surface area contributed by atoms with Crippen molar-refractivity contribution in [2.45, 2.75) is 25.9 Å². The molecule has 16 heavy (non-hydrogen) atoms. The third kappa shape index (κ3) is 2.83. The molecule has 1 atom stereocenters. The summed E-state index contributed by atoms with van der Waals surface area (Å²) in [7, 11) is 0. The smallest absolute Gasteiger partial charge is 0.251 e. The lowest BCUT2D eigenvalue weighted by molar-refractivity contribution is 0.0857. The Morgan fingerprint density at radius 3 is 3.12 bits per heavy atom. The van der Waals surface area contributed by atoms with E-state index >= 15 is 0 Å². The van der Waals surface area contributed by atoms with Crippen LogP contribution in [0.5, 0.6) is 0 Å². The van der Waals surface area contributed by atoms with Gasteiger partial charge in [-0.05, 0) is 31.9 Å². The number of benzene rings is 1. The Balaban J connectivity index is 1.87. The first kappa shape index (κ1) is 11.1. The Morgan fingerprint density at radius 1 is 1.56 bits per heavy atom. The molecule has 1 aliphatic heterocycles. The van der Waals surface area contributed by atoms with Crippen molar-refractivity contribution in [1.82, 2.24) is 5.32 Å². The van der Waals surface area contributed by atoms with Gasteiger partial charge in [-0.15, -0.1) is 0 Å². The van der Waals surface area contributed by atoms with E-state index in [9.17, 15) is 4.79 Å². The summed E-state index contributed by atoms with van der Waals surface area (Å²) < 4.78 is 5.45. The van der Waals surface area contributed by atoms with Gasteiger partial charge in [0.15, 0.2) is 0 Å². The predicted octanol–water partition coefficient (Wildman–Crippen LogP) is 1.90. The summed E-state index contributed by atoms with van der Waals surface area (Å²) in [6, 6.07) is 7.61. The standard InChI is InChI=1S/C13H17NO2/c1-10-4-2-5-11(8-10)13(15)14-9-12-6-3-7-16-12/h2,4-5,8,12H,3,6-7,9H2,1H3,(H,14,15)/t12-/m1/s1. The van der Waals surface area contributed by atoms with Gasteiger partial charge in [0.05, 0.1) is 6.10 Å². The average Bonchev–Trinajstić information content (AvgIpc) is 2.78. The molecule has 3 heteroatoms. The van der Waals surface area contributed by atoms with Gasteiger partial charge in [-0.25, -0.2) is 0 Å². The van der Waals surface area contributed by atoms with Crippen LogP contribution in [0.4, 0.5) is 0 Å². The van der Waals surface area contributed by atoms with Crippen LogP contribution in [0.25, 0.3) is 0 Å². The maximum absolute atomic E-state index is 11.8. The molecular formula is C13H17NO2. The zero-order chi connectivity index (χ0) is 11.4. The minimum absolute atomic E-state index is 0.0146. The van der Waals surface area contributed by atoms with E-state index in [1.54, 1.807) is 0 Å². The molecule has 1 fully saturated rings. The highest BCUT2D eigenvalue weighted by Gasteiger charge is 2.16. The monoisotopic (exact) mass is 219 g/mol. The Kier molecular flexibility index (Phi) is 3.57. The van der Waals surface area contributed by atoms with E-state index in [1.807, 2.05) is 31.2 Å². The zero-order valence-electron chi connectivity index (χ0n) is 9.53. The van der Waals surface area contributed by atoms with Crippen LogP contribution in [0, 0.1) is 6.92 Å². The van der Waals surface area contributed by atoms with E-state index in [-0.39, 0.29) is 12.0 Å². The number of carbonyl (C=O) groups is 1. The van der Waals surface area contributed by atoms with Crippen molar-refractivity contribution in [3.05, 3.63) is 35.4 Å². The molecule has 1 aliphatic rings. The molecule has 1 saturated heterocycles. The van der Waals surface area contributed by atoms with Crippen molar-refractivity contribution in [1.29, 1.82) is 0 Å². The van der Waals surface area contributed by atoms with Crippen molar-refractivity contribution in [3.63, 3.8) is 0 Å². The molecule has 0 aliphatic carbocycles. The Bertz CT molecular complexity index is 370. The normalized spacial score (nSPS) is 19.7. The summed E-state index contributed by atoms with van der Waals surface area (Å²) in [6.45, 7) is 3.43. The number of ether oxygens (including phenoxy) is 1. The third-order valence-electron chi connectivity index (χ3n) is 2.79. The molecule has 2 rings (SSSR count). The van der Waals surface area contributed by atoms with E-state index in [0.29, 0.717) is 6.54 Å². The number of amides is 1. The van der Waals surface area contributed by atoms with Crippen LogP contribution >= 0.6 is 0 Å². The average molecular weight is 219 g/mol. The molecule has 0 saturated carbocycles. The van der Waals surface area contributed by atoms with E-state index in [4.69, 9.17) is 4.74 Å². The second-order valence-corrected chi connectivity index (χ2v) is 4.21. The molecule has 0 spiro atoms. The van der Waals surface area contributed by atoms with E-state index < -0.39 is 0 Å². The molecule has 0 unspecified atom stereocenters. The van der Waals surface area contributed by atoms with Gasteiger partial charge in [0.2, 0.25) is 0 Å². The van der Waals surface area contributed by atoms with E-state index in [2.05, 4.69) is 5.32 Å². The summed E-state index contributed by atoms with van der Waals surface area (Å²) in [5.41, 5.74) is 1.82. The van der Waals surface area contributed by atoms with Crippen LogP contribution in [0.2, 0.25) is 0 Å². The molecule has 0 bridgehead atoms. The molecule has 0 radical (unpaired) electrons. The predicted molar refractivity (Wildman–Crippen MR) is 62.5 cm³/mol. The summed E-state index contributed by atoms with van der Waals surface area (Å²) in [6.07, 6.45) is 2.35. The van der Waals surface area contributed by atoms with E-state index in [1.165, 1.54) is 0 Å². The quantitative estimate of drug-likeness (QED) is 0.843. The van der Waals surface area contributed by atoms with Gasteiger partial charge in [0.25, 0.3) is 5.91 Å². The highest BCUT2D eigenvalue weighted by molar-refractivity contribution is 5.94. The maximum atomic E-state index is 11.8. The van der Waals surface area contributed by atoms with Crippen molar-refractivity contribution < 1.29 is 9.53 Å². The topological polar surface area (TPSA) is 38.3 Å². The summed E-state index contributed by atoms with van der Waals surface area (Å²) in [4.78, 5) is 11.8. The molecule has 1 aromatic rings. The lowest BCUT2D eigenvalue weighted by atomic mass is 10.1. The number of carbonyl (C=O) groups excluding carboxylic acids is 1. The minimum Gasteiger partial charge on any atom is -0.376 e. The summed E-state index contributed by atoms with van der Waals surface area (Å²) in [5.74, 6) is -0.0146. The first-order chi connectivity index (χ1) is 7.75. The molecular weight excluding hydrogens is 202 g/mol. The van der Waals surface area contributed by atoms with Crippen LogP contribution in [0.15, 0.2) is 24.3 Å². The highest BCUT2D eigenvalue weighted by atomic mass is 16.5. The first-order valence-corrected chi connectivity index (χ1v) is 5.72. The number of hydrogen-bond donors (Lipinski definition) is 1. The SMILES string of the molecule is Cc1cccc(C(=O)NC[C@H]2CCCO2)c1. The van der Waals surface area contributed by atoms with Gasteiger partial charge in [-0.3, -0.25) is 4.79 Å². The second-order valence-electron chi connectivity index (χ2n) is 4.21. The number of aryl methyl sites for hydroxylation is 1. The lowest BCUT2D eigenvalue weighted by Gasteiger charge is -2.10. The lowest BCUT2D eigenvalue weighted by Crippen LogP contribution is -2.31. The number of nitrogens with one attached hydrogen (secondary N) is 1. The van der Waals surface area contributed by atoms with Crippen molar-refractivity contribution in [2.75, 3.05) is 13.2 Å². The van der Waals surface area contributed by atoms with Crippen LogP contribution in [0.3, 0.4) is 0 Å². The Labute approximate surface area is 95.8 Å². The third-order valence-corrected chi connectivity index (χ3v) is 2.79. The number of hydrogen-bond acceptors (Lipinski definition) is 2. The maximum Gasteiger partial charge on any atom is 0.251 e. The van der Waals surface area contributed by atoms with Gasteiger partial charge >= 0.3 is 0 Å². The fraction of sp³-hybridized carbons (Fsp3) is 0.462. The van der Waals surface area contributed by atoms with Crippen molar-refractivity contribution >= 4 is 5.91 Å². The molecule has 0 aromatic heterocycles. The number of rotatable bonds is 3. The van der Waals surface area contributed by atoms with Crippen molar-refractivity contribution in [2.24, 2.45) is 0 Å². The molecule has 1 amide bonds. The van der Waals surface area contributed by atoms with Crippen LogP contribution in [-0.4, -0.2) is 25.2 Å². The summed E-state index contributed by atoms with van der Waals surface area (Å²) >= 11 is 0. The van der Waals surface area contributed by atoms with Gasteiger partial charge in [0.1, 0.15) is 0 Å². The fourth-order valence-corrected chi connectivity index (χ4v) is 1.90. The Hall–Kier alpha value is -1.35. The molecule has 1 N–H and O–H groups in total. The molecule has 86 valence electrons. The van der Waals surface area contributed by atoms with Crippen LogP contribution < -0.4 is 5.32 Å².